The minimum Gasteiger partial charge on any atom is -0.389 e. The van der Waals surface area contributed by atoms with Crippen LogP contribution in [0, 0.1) is 0 Å². The van der Waals surface area contributed by atoms with Crippen molar-refractivity contribution in [3.05, 3.63) is 30.1 Å². The Morgan fingerprint density at radius 3 is 2.70 bits per heavy atom. The Balaban J connectivity index is 1.63. The Hall–Kier alpha value is -0.970. The number of aromatic nitrogens is 1. The topological polar surface area (TPSA) is 54.4 Å². The molecule has 0 radical (unpaired) electrons. The van der Waals surface area contributed by atoms with Crippen molar-refractivity contribution in [1.29, 1.82) is 0 Å². The van der Waals surface area contributed by atoms with Crippen LogP contribution >= 0.6 is 0 Å². The average Bonchev–Trinajstić information content (AvgIpc) is 2.52. The Labute approximate surface area is 121 Å². The van der Waals surface area contributed by atoms with Gasteiger partial charge in [-0.1, -0.05) is 19.3 Å². The molecule has 0 bridgehead atoms. The Kier molecular flexibility index (Phi) is 6.43. The van der Waals surface area contributed by atoms with Crippen LogP contribution in [0.1, 0.15) is 50.6 Å². The van der Waals surface area contributed by atoms with Crippen molar-refractivity contribution in [3.8, 4) is 0 Å². The van der Waals surface area contributed by atoms with Crippen molar-refractivity contribution in [2.45, 2.75) is 57.3 Å². The molecule has 0 amide bonds. The van der Waals surface area contributed by atoms with E-state index in [0.717, 1.165) is 12.8 Å². The van der Waals surface area contributed by atoms with Crippen molar-refractivity contribution in [3.63, 3.8) is 0 Å². The first kappa shape index (κ1) is 15.4. The zero-order chi connectivity index (χ0) is 14.2. The summed E-state index contributed by atoms with van der Waals surface area (Å²) in [6.45, 7) is 3.07. The molecule has 1 fully saturated rings. The van der Waals surface area contributed by atoms with E-state index in [9.17, 15) is 5.11 Å². The van der Waals surface area contributed by atoms with Crippen molar-refractivity contribution in [2.75, 3.05) is 13.2 Å². The predicted molar refractivity (Wildman–Crippen MR) is 79.5 cm³/mol. The van der Waals surface area contributed by atoms with Crippen LogP contribution in [-0.2, 0) is 4.74 Å². The van der Waals surface area contributed by atoms with Crippen LogP contribution in [-0.4, -0.2) is 35.5 Å². The van der Waals surface area contributed by atoms with Crippen LogP contribution in [0.2, 0.25) is 0 Å². The summed E-state index contributed by atoms with van der Waals surface area (Å²) in [6.07, 6.45) is 9.63. The zero-order valence-corrected chi connectivity index (χ0v) is 12.3. The number of pyridine rings is 1. The molecule has 0 aromatic carbocycles. The first-order chi connectivity index (χ1) is 9.75. The fourth-order valence-corrected chi connectivity index (χ4v) is 2.62. The lowest BCUT2D eigenvalue weighted by Gasteiger charge is -2.24. The number of aliphatic hydroxyl groups is 1. The molecule has 0 saturated heterocycles. The molecule has 1 unspecified atom stereocenters. The molecular formula is C16H26N2O2. The van der Waals surface area contributed by atoms with E-state index in [1.165, 1.54) is 24.8 Å². The van der Waals surface area contributed by atoms with E-state index >= 15 is 0 Å². The molecule has 1 aliphatic carbocycles. The van der Waals surface area contributed by atoms with E-state index in [1.54, 1.807) is 12.4 Å². The number of ether oxygens (including phenoxy) is 1. The van der Waals surface area contributed by atoms with Gasteiger partial charge in [0.05, 0.1) is 18.8 Å². The predicted octanol–water partition coefficient (Wildman–Crippen LogP) is 2.44. The van der Waals surface area contributed by atoms with Gasteiger partial charge in [-0.15, -0.1) is 0 Å². The molecule has 1 aromatic rings. The second-order valence-corrected chi connectivity index (χ2v) is 5.66. The highest BCUT2D eigenvalue weighted by molar-refractivity contribution is 5.13. The summed E-state index contributed by atoms with van der Waals surface area (Å²) in [5.74, 6) is 0. The summed E-state index contributed by atoms with van der Waals surface area (Å²) in [5, 5.41) is 13.3. The van der Waals surface area contributed by atoms with Crippen LogP contribution in [0.5, 0.6) is 0 Å². The highest BCUT2D eigenvalue weighted by Crippen LogP contribution is 2.20. The molecule has 20 heavy (non-hydrogen) atoms. The van der Waals surface area contributed by atoms with Gasteiger partial charge in [0.15, 0.2) is 0 Å². The molecule has 1 aliphatic rings. The lowest BCUT2D eigenvalue weighted by molar-refractivity contribution is -0.0235. The van der Waals surface area contributed by atoms with Gasteiger partial charge in [-0.25, -0.2) is 0 Å². The third kappa shape index (κ3) is 5.19. The quantitative estimate of drug-likeness (QED) is 0.804. The SMILES string of the molecule is C[C@H](NCC(O)COC1CCCCC1)c1ccncc1. The maximum atomic E-state index is 9.98. The summed E-state index contributed by atoms with van der Waals surface area (Å²) in [4.78, 5) is 4.01. The Morgan fingerprint density at radius 2 is 2.00 bits per heavy atom. The largest absolute Gasteiger partial charge is 0.389 e. The van der Waals surface area contributed by atoms with Crippen LogP contribution in [0.4, 0.5) is 0 Å². The minimum absolute atomic E-state index is 0.210. The van der Waals surface area contributed by atoms with E-state index in [2.05, 4.69) is 17.2 Å². The third-order valence-electron chi connectivity index (χ3n) is 3.94. The van der Waals surface area contributed by atoms with Gasteiger partial charge in [0.25, 0.3) is 0 Å². The molecule has 2 atom stereocenters. The van der Waals surface area contributed by atoms with Crippen LogP contribution in [0.3, 0.4) is 0 Å². The van der Waals surface area contributed by atoms with Crippen molar-refractivity contribution in [2.24, 2.45) is 0 Å². The van der Waals surface area contributed by atoms with Gasteiger partial charge in [-0.2, -0.15) is 0 Å². The van der Waals surface area contributed by atoms with E-state index in [-0.39, 0.29) is 6.04 Å². The summed E-state index contributed by atoms with van der Waals surface area (Å²) in [6, 6.07) is 4.19. The lowest BCUT2D eigenvalue weighted by Crippen LogP contribution is -2.33. The van der Waals surface area contributed by atoms with Gasteiger partial charge < -0.3 is 15.2 Å². The standard InChI is InChI=1S/C16H26N2O2/c1-13(14-7-9-17-10-8-14)18-11-15(19)12-20-16-5-3-2-4-6-16/h7-10,13,15-16,18-19H,2-6,11-12H2,1H3/t13-,15?/m0/s1. The number of hydrogen-bond acceptors (Lipinski definition) is 4. The van der Waals surface area contributed by atoms with Gasteiger partial charge >= 0.3 is 0 Å². The van der Waals surface area contributed by atoms with Gasteiger partial charge in [-0.3, -0.25) is 4.98 Å². The monoisotopic (exact) mass is 278 g/mol. The highest BCUT2D eigenvalue weighted by Gasteiger charge is 2.16. The summed E-state index contributed by atoms with van der Waals surface area (Å²) in [7, 11) is 0. The minimum atomic E-state index is -0.443. The number of nitrogens with zero attached hydrogens (tertiary/aromatic N) is 1. The molecule has 0 spiro atoms. The second-order valence-electron chi connectivity index (χ2n) is 5.66. The summed E-state index contributed by atoms with van der Waals surface area (Å²) >= 11 is 0. The number of aliphatic hydroxyl groups excluding tert-OH is 1. The second kappa shape index (κ2) is 8.35. The Bertz CT molecular complexity index is 366. The van der Waals surface area contributed by atoms with Gasteiger partial charge in [0, 0.05) is 25.0 Å². The number of rotatable bonds is 7. The van der Waals surface area contributed by atoms with E-state index in [0.29, 0.717) is 19.3 Å². The number of hydrogen-bond donors (Lipinski definition) is 2. The number of nitrogens with one attached hydrogen (secondary N) is 1. The highest BCUT2D eigenvalue weighted by atomic mass is 16.5. The maximum absolute atomic E-state index is 9.98. The first-order valence-corrected chi connectivity index (χ1v) is 7.68. The lowest BCUT2D eigenvalue weighted by atomic mass is 9.98. The molecule has 4 heteroatoms. The summed E-state index contributed by atoms with van der Waals surface area (Å²) < 4.78 is 5.78. The van der Waals surface area contributed by atoms with E-state index in [4.69, 9.17) is 4.74 Å². The van der Waals surface area contributed by atoms with Crippen molar-refractivity contribution in [1.82, 2.24) is 10.3 Å². The van der Waals surface area contributed by atoms with Crippen LogP contribution in [0.15, 0.2) is 24.5 Å². The fraction of sp³-hybridized carbons (Fsp3) is 0.688. The van der Waals surface area contributed by atoms with Crippen LogP contribution < -0.4 is 5.32 Å². The van der Waals surface area contributed by atoms with Crippen molar-refractivity contribution < 1.29 is 9.84 Å². The van der Waals surface area contributed by atoms with Gasteiger partial charge in [-0.05, 0) is 37.5 Å². The van der Waals surface area contributed by atoms with E-state index in [1.807, 2.05) is 12.1 Å². The molecular weight excluding hydrogens is 252 g/mol. The molecule has 4 nitrogen and oxygen atoms in total. The first-order valence-electron chi connectivity index (χ1n) is 7.68. The molecule has 0 aliphatic heterocycles. The molecule has 112 valence electrons. The fourth-order valence-electron chi connectivity index (χ4n) is 2.62. The zero-order valence-electron chi connectivity index (χ0n) is 12.3. The Morgan fingerprint density at radius 1 is 1.30 bits per heavy atom. The van der Waals surface area contributed by atoms with Crippen molar-refractivity contribution >= 4 is 0 Å². The smallest absolute Gasteiger partial charge is 0.0898 e. The molecule has 1 heterocycles. The van der Waals surface area contributed by atoms with Gasteiger partial charge in [0.2, 0.25) is 0 Å². The molecule has 2 N–H and O–H groups in total. The summed E-state index contributed by atoms with van der Waals surface area (Å²) in [5.41, 5.74) is 1.18. The average molecular weight is 278 g/mol. The van der Waals surface area contributed by atoms with Gasteiger partial charge in [0.1, 0.15) is 0 Å². The third-order valence-corrected chi connectivity index (χ3v) is 3.94. The maximum Gasteiger partial charge on any atom is 0.0898 e. The molecule has 1 aromatic heterocycles. The molecule has 2 rings (SSSR count). The normalized spacial score (nSPS) is 19.7. The molecule has 1 saturated carbocycles. The van der Waals surface area contributed by atoms with E-state index < -0.39 is 6.10 Å². The van der Waals surface area contributed by atoms with Crippen LogP contribution in [0.25, 0.3) is 0 Å².